The average molecular weight is 252 g/mol. The fraction of sp³-hybridized carbons (Fsp3) is 0.308. The van der Waals surface area contributed by atoms with Crippen molar-refractivity contribution in [3.05, 3.63) is 35.0 Å². The van der Waals surface area contributed by atoms with E-state index in [0.29, 0.717) is 10.9 Å². The number of nitrogens with one attached hydrogen (secondary N) is 1. The smallest absolute Gasteiger partial charge is 0.351 e. The number of rotatable bonds is 2. The molecule has 1 aromatic heterocycles. The highest BCUT2D eigenvalue weighted by atomic mass is 19.4. The molecule has 0 spiro atoms. The van der Waals surface area contributed by atoms with E-state index in [1.54, 1.807) is 18.2 Å². The zero-order valence-electron chi connectivity index (χ0n) is 9.73. The topological polar surface area (TPSA) is 39.6 Å². The van der Waals surface area contributed by atoms with Crippen molar-refractivity contribution in [2.45, 2.75) is 25.9 Å². The predicted molar refractivity (Wildman–Crippen MR) is 62.0 cm³/mol. The lowest BCUT2D eigenvalue weighted by atomic mass is 10.0. The predicted octanol–water partition coefficient (Wildman–Crippen LogP) is 3.95. The SMILES string of the molecule is Cc1ccc2[nH]c(C(F)(F)F)c(CCC#N)c2c1. The third-order valence-corrected chi connectivity index (χ3v) is 2.83. The van der Waals surface area contributed by atoms with Crippen molar-refractivity contribution in [3.8, 4) is 6.07 Å². The lowest BCUT2D eigenvalue weighted by molar-refractivity contribution is -0.141. The summed E-state index contributed by atoms with van der Waals surface area (Å²) in [6.45, 7) is 1.83. The number of aryl methyl sites for hydroxylation is 2. The van der Waals surface area contributed by atoms with Gasteiger partial charge in [0, 0.05) is 17.3 Å². The minimum Gasteiger partial charge on any atom is -0.351 e. The molecule has 2 nitrogen and oxygen atoms in total. The van der Waals surface area contributed by atoms with Crippen LogP contribution in [-0.4, -0.2) is 4.98 Å². The van der Waals surface area contributed by atoms with Gasteiger partial charge in [-0.1, -0.05) is 11.6 Å². The molecule has 0 atom stereocenters. The van der Waals surface area contributed by atoms with Crippen molar-refractivity contribution in [2.75, 3.05) is 0 Å². The molecular formula is C13H11F3N2. The van der Waals surface area contributed by atoms with Gasteiger partial charge in [0.05, 0.1) is 6.07 Å². The van der Waals surface area contributed by atoms with E-state index in [0.717, 1.165) is 5.56 Å². The van der Waals surface area contributed by atoms with E-state index in [2.05, 4.69) is 4.98 Å². The standard InChI is InChI=1S/C13H11F3N2/c1-8-4-5-11-10(7-8)9(3-2-6-17)12(18-11)13(14,15)16/h4-5,7,18H,2-3H2,1H3. The monoisotopic (exact) mass is 252 g/mol. The molecule has 5 heteroatoms. The number of nitriles is 1. The second kappa shape index (κ2) is 4.37. The van der Waals surface area contributed by atoms with Crippen molar-refractivity contribution < 1.29 is 13.2 Å². The second-order valence-corrected chi connectivity index (χ2v) is 4.18. The largest absolute Gasteiger partial charge is 0.431 e. The summed E-state index contributed by atoms with van der Waals surface area (Å²) in [5, 5.41) is 9.10. The quantitative estimate of drug-likeness (QED) is 0.863. The van der Waals surface area contributed by atoms with Crippen LogP contribution in [0.4, 0.5) is 13.2 Å². The number of hydrogen-bond donors (Lipinski definition) is 1. The maximum absolute atomic E-state index is 12.9. The molecule has 1 heterocycles. The maximum atomic E-state index is 12.9. The summed E-state index contributed by atoms with van der Waals surface area (Å²) >= 11 is 0. The van der Waals surface area contributed by atoms with Crippen LogP contribution >= 0.6 is 0 Å². The maximum Gasteiger partial charge on any atom is 0.431 e. The highest BCUT2D eigenvalue weighted by molar-refractivity contribution is 5.85. The number of alkyl halides is 3. The van der Waals surface area contributed by atoms with E-state index in [-0.39, 0.29) is 18.4 Å². The Bertz CT molecular complexity index is 617. The number of aromatic amines is 1. The van der Waals surface area contributed by atoms with Gasteiger partial charge in [0.2, 0.25) is 0 Å². The first-order valence-electron chi connectivity index (χ1n) is 5.49. The van der Waals surface area contributed by atoms with Gasteiger partial charge in [0.15, 0.2) is 0 Å². The lowest BCUT2D eigenvalue weighted by Crippen LogP contribution is -2.08. The number of hydrogen-bond acceptors (Lipinski definition) is 1. The molecule has 0 amide bonds. The van der Waals surface area contributed by atoms with Gasteiger partial charge in [-0.25, -0.2) is 0 Å². The molecule has 0 bridgehead atoms. The molecule has 0 saturated carbocycles. The van der Waals surface area contributed by atoms with Crippen molar-refractivity contribution in [2.24, 2.45) is 0 Å². The van der Waals surface area contributed by atoms with Crippen LogP contribution in [0.25, 0.3) is 10.9 Å². The van der Waals surface area contributed by atoms with E-state index in [4.69, 9.17) is 5.26 Å². The van der Waals surface area contributed by atoms with E-state index >= 15 is 0 Å². The zero-order valence-corrected chi connectivity index (χ0v) is 9.73. The van der Waals surface area contributed by atoms with Gasteiger partial charge in [-0.05, 0) is 31.0 Å². The zero-order chi connectivity index (χ0) is 13.3. The summed E-state index contributed by atoms with van der Waals surface area (Å²) in [6, 6.07) is 6.99. The summed E-state index contributed by atoms with van der Waals surface area (Å²) in [5.41, 5.74) is 0.801. The van der Waals surface area contributed by atoms with Gasteiger partial charge in [0.25, 0.3) is 0 Å². The van der Waals surface area contributed by atoms with E-state index in [1.165, 1.54) is 0 Å². The number of aromatic nitrogens is 1. The second-order valence-electron chi connectivity index (χ2n) is 4.18. The molecule has 0 aliphatic heterocycles. The lowest BCUT2D eigenvalue weighted by Gasteiger charge is -2.06. The number of fused-ring (bicyclic) bond motifs is 1. The van der Waals surface area contributed by atoms with E-state index in [9.17, 15) is 13.2 Å². The van der Waals surface area contributed by atoms with Gasteiger partial charge in [-0.15, -0.1) is 0 Å². The third kappa shape index (κ3) is 2.19. The van der Waals surface area contributed by atoms with E-state index in [1.807, 2.05) is 13.0 Å². The number of halogens is 3. The Morgan fingerprint density at radius 1 is 1.33 bits per heavy atom. The van der Waals surface area contributed by atoms with Crippen LogP contribution in [0.3, 0.4) is 0 Å². The molecule has 0 aliphatic rings. The first kappa shape index (κ1) is 12.5. The van der Waals surface area contributed by atoms with Crippen LogP contribution in [0.1, 0.15) is 23.2 Å². The first-order valence-corrected chi connectivity index (χ1v) is 5.49. The van der Waals surface area contributed by atoms with Crippen molar-refractivity contribution >= 4 is 10.9 Å². The summed E-state index contributed by atoms with van der Waals surface area (Å²) in [6.07, 6.45) is -4.24. The molecule has 0 aliphatic carbocycles. The van der Waals surface area contributed by atoms with Crippen molar-refractivity contribution in [1.82, 2.24) is 4.98 Å². The van der Waals surface area contributed by atoms with Gasteiger partial charge >= 0.3 is 6.18 Å². The highest BCUT2D eigenvalue weighted by Gasteiger charge is 2.36. The Balaban J connectivity index is 2.66. The minimum absolute atomic E-state index is 0.0734. The number of benzene rings is 1. The molecule has 0 saturated heterocycles. The molecular weight excluding hydrogens is 241 g/mol. The Hall–Kier alpha value is -1.96. The molecule has 1 N–H and O–H groups in total. The molecule has 0 fully saturated rings. The van der Waals surface area contributed by atoms with Crippen molar-refractivity contribution in [3.63, 3.8) is 0 Å². The Labute approximate surface area is 102 Å². The summed E-state index contributed by atoms with van der Waals surface area (Å²) in [5.74, 6) is 0. The van der Waals surface area contributed by atoms with Crippen LogP contribution < -0.4 is 0 Å². The minimum atomic E-state index is -4.42. The third-order valence-electron chi connectivity index (χ3n) is 2.83. The number of H-pyrrole nitrogens is 1. The highest BCUT2D eigenvalue weighted by Crippen LogP contribution is 2.36. The van der Waals surface area contributed by atoms with Crippen LogP contribution in [0.5, 0.6) is 0 Å². The molecule has 0 unspecified atom stereocenters. The number of nitrogens with zero attached hydrogens (tertiary/aromatic N) is 1. The van der Waals surface area contributed by atoms with Gasteiger partial charge in [-0.2, -0.15) is 18.4 Å². The molecule has 2 aromatic rings. The molecule has 2 rings (SSSR count). The Morgan fingerprint density at radius 2 is 2.06 bits per heavy atom. The summed E-state index contributed by atoms with van der Waals surface area (Å²) < 4.78 is 38.7. The van der Waals surface area contributed by atoms with Crippen LogP contribution in [0.15, 0.2) is 18.2 Å². The first-order chi connectivity index (χ1) is 8.43. The van der Waals surface area contributed by atoms with Gasteiger partial charge in [-0.3, -0.25) is 0 Å². The van der Waals surface area contributed by atoms with Crippen LogP contribution in [0.2, 0.25) is 0 Å². The molecule has 0 radical (unpaired) electrons. The molecule has 94 valence electrons. The fourth-order valence-electron chi connectivity index (χ4n) is 2.04. The molecule has 18 heavy (non-hydrogen) atoms. The van der Waals surface area contributed by atoms with Crippen molar-refractivity contribution in [1.29, 1.82) is 5.26 Å². The average Bonchev–Trinajstić information content (AvgIpc) is 2.64. The Morgan fingerprint density at radius 3 is 2.67 bits per heavy atom. The fourth-order valence-corrected chi connectivity index (χ4v) is 2.04. The van der Waals surface area contributed by atoms with Crippen LogP contribution in [0, 0.1) is 18.3 Å². The Kier molecular flexibility index (Phi) is 3.04. The summed E-state index contributed by atoms with van der Waals surface area (Å²) in [4.78, 5) is 2.41. The summed E-state index contributed by atoms with van der Waals surface area (Å²) in [7, 11) is 0. The van der Waals surface area contributed by atoms with Gasteiger partial charge in [0.1, 0.15) is 5.69 Å². The van der Waals surface area contributed by atoms with E-state index < -0.39 is 11.9 Å². The normalized spacial score (nSPS) is 11.7. The van der Waals surface area contributed by atoms with Crippen LogP contribution in [-0.2, 0) is 12.6 Å². The molecule has 1 aromatic carbocycles. The van der Waals surface area contributed by atoms with Gasteiger partial charge < -0.3 is 4.98 Å².